The molecule has 0 aromatic carbocycles. The van der Waals surface area contributed by atoms with Crippen LogP contribution in [0.4, 0.5) is 0 Å². The predicted molar refractivity (Wildman–Crippen MR) is 91.2 cm³/mol. The van der Waals surface area contributed by atoms with Gasteiger partial charge in [-0.3, -0.25) is 40.3 Å². The van der Waals surface area contributed by atoms with Crippen LogP contribution >= 0.6 is 0 Å². The van der Waals surface area contributed by atoms with Gasteiger partial charge in [-0.2, -0.15) is 0 Å². The van der Waals surface area contributed by atoms with Gasteiger partial charge in [0.05, 0.1) is 5.41 Å². The van der Waals surface area contributed by atoms with E-state index in [1.165, 1.54) is 12.3 Å². The highest BCUT2D eigenvalue weighted by Gasteiger charge is 2.60. The van der Waals surface area contributed by atoms with E-state index in [0.717, 1.165) is 0 Å². The molecule has 2 heterocycles. The lowest BCUT2D eigenvalue weighted by atomic mass is 9.52. The fourth-order valence-corrected chi connectivity index (χ4v) is 4.48. The summed E-state index contributed by atoms with van der Waals surface area (Å²) < 4.78 is 0. The first-order valence-electron chi connectivity index (χ1n) is 8.46. The lowest BCUT2D eigenvalue weighted by Gasteiger charge is -2.53. The Labute approximate surface area is 151 Å². The number of imide groups is 1. The number of hydrogen-bond acceptors (Lipinski definition) is 5. The Kier molecular flexibility index (Phi) is 4.09. The van der Waals surface area contributed by atoms with Gasteiger partial charge in [-0.05, 0) is 31.4 Å². The lowest BCUT2D eigenvalue weighted by Crippen LogP contribution is -2.64. The first-order chi connectivity index (χ1) is 12.1. The Balaban J connectivity index is 1.75. The zero-order chi connectivity index (χ0) is 19.2. The van der Waals surface area contributed by atoms with Gasteiger partial charge in [-0.15, -0.1) is 0 Å². The van der Waals surface area contributed by atoms with E-state index in [1.54, 1.807) is 32.9 Å². The third-order valence-corrected chi connectivity index (χ3v) is 5.40. The number of rotatable bonds is 2. The molecule has 0 radical (unpaired) electrons. The van der Waals surface area contributed by atoms with Crippen LogP contribution in [0.3, 0.4) is 0 Å². The fourth-order valence-electron chi connectivity index (χ4n) is 4.48. The summed E-state index contributed by atoms with van der Waals surface area (Å²) in [5.41, 5.74) is 2.36. The summed E-state index contributed by atoms with van der Waals surface area (Å²) in [4.78, 5) is 53.4. The molecule has 1 aromatic rings. The molecule has 1 aliphatic carbocycles. The Hall–Kier alpha value is -2.77. The number of nitrogens with zero attached hydrogens (tertiary/aromatic N) is 1. The quantitative estimate of drug-likeness (QED) is 0.531. The summed E-state index contributed by atoms with van der Waals surface area (Å²) in [6, 6.07) is 4.87. The van der Waals surface area contributed by atoms with E-state index in [0.29, 0.717) is 19.3 Å². The van der Waals surface area contributed by atoms with Gasteiger partial charge < -0.3 is 0 Å². The molecule has 0 spiro atoms. The van der Waals surface area contributed by atoms with Crippen LogP contribution in [0.5, 0.6) is 0 Å². The standard InChI is InChI=1S/C18H22N4O4/c1-16-8-17(2,14(25)20-13(16)24)10-18(3,9-16)15(26)22-21-12(23)11-6-4-5-7-19-11/h4-7H,8-10H2,1-3H3,(H,21,23)(H,22,26)(H,20,24,25). The van der Waals surface area contributed by atoms with Gasteiger partial charge in [-0.25, -0.2) is 0 Å². The number of amides is 4. The van der Waals surface area contributed by atoms with Crippen molar-refractivity contribution in [1.29, 1.82) is 0 Å². The Morgan fingerprint density at radius 1 is 1.00 bits per heavy atom. The average Bonchev–Trinajstić information content (AvgIpc) is 2.58. The Morgan fingerprint density at radius 2 is 1.62 bits per heavy atom. The van der Waals surface area contributed by atoms with Crippen LogP contribution in [0.1, 0.15) is 50.5 Å². The van der Waals surface area contributed by atoms with Crippen molar-refractivity contribution < 1.29 is 19.2 Å². The molecule has 2 aliphatic rings. The maximum atomic E-state index is 12.8. The van der Waals surface area contributed by atoms with Gasteiger partial charge >= 0.3 is 0 Å². The summed E-state index contributed by atoms with van der Waals surface area (Å²) >= 11 is 0. The Morgan fingerprint density at radius 3 is 2.15 bits per heavy atom. The van der Waals surface area contributed by atoms with Gasteiger partial charge in [0.2, 0.25) is 17.7 Å². The van der Waals surface area contributed by atoms with Crippen LogP contribution in [0, 0.1) is 16.2 Å². The molecule has 1 aliphatic heterocycles. The molecule has 3 rings (SSSR count). The number of aromatic nitrogens is 1. The van der Waals surface area contributed by atoms with E-state index in [2.05, 4.69) is 21.2 Å². The maximum absolute atomic E-state index is 12.8. The number of fused-ring (bicyclic) bond motifs is 2. The molecular formula is C18H22N4O4. The third-order valence-electron chi connectivity index (χ3n) is 5.40. The van der Waals surface area contributed by atoms with Gasteiger partial charge in [0.15, 0.2) is 0 Å². The highest BCUT2D eigenvalue weighted by atomic mass is 16.2. The second-order valence-corrected chi connectivity index (χ2v) is 8.12. The van der Waals surface area contributed by atoms with Crippen molar-refractivity contribution in [3.8, 4) is 0 Å². The van der Waals surface area contributed by atoms with Gasteiger partial charge in [0.25, 0.3) is 5.91 Å². The van der Waals surface area contributed by atoms with E-state index in [-0.39, 0.29) is 17.5 Å². The number of nitrogens with one attached hydrogen (secondary N) is 3. The molecule has 2 atom stereocenters. The first kappa shape index (κ1) is 18.0. The summed E-state index contributed by atoms with van der Waals surface area (Å²) in [6.07, 6.45) is 2.47. The smallest absolute Gasteiger partial charge is 0.288 e. The average molecular weight is 358 g/mol. The number of hydrogen-bond donors (Lipinski definition) is 3. The summed E-state index contributed by atoms with van der Waals surface area (Å²) in [5.74, 6) is -1.67. The largest absolute Gasteiger partial charge is 0.296 e. The second-order valence-electron chi connectivity index (χ2n) is 8.12. The van der Waals surface area contributed by atoms with E-state index in [1.807, 2.05) is 0 Å². The van der Waals surface area contributed by atoms with Crippen molar-refractivity contribution in [2.24, 2.45) is 16.2 Å². The number of piperidine rings is 1. The first-order valence-corrected chi connectivity index (χ1v) is 8.46. The molecule has 26 heavy (non-hydrogen) atoms. The molecule has 1 saturated heterocycles. The molecule has 8 heteroatoms. The van der Waals surface area contributed by atoms with Crippen LogP contribution in [-0.2, 0) is 14.4 Å². The minimum absolute atomic E-state index is 0.173. The molecule has 8 nitrogen and oxygen atoms in total. The Bertz CT molecular complexity index is 766. The van der Waals surface area contributed by atoms with Gasteiger partial charge in [0, 0.05) is 17.0 Å². The molecule has 1 saturated carbocycles. The molecular weight excluding hydrogens is 336 g/mol. The van der Waals surface area contributed by atoms with Crippen molar-refractivity contribution in [3.63, 3.8) is 0 Å². The lowest BCUT2D eigenvalue weighted by molar-refractivity contribution is -0.164. The SMILES string of the molecule is CC1(C(=O)NNC(=O)c2ccccn2)CC2(C)CC(C)(C1)C(=O)NC2=O. The molecule has 2 unspecified atom stereocenters. The monoisotopic (exact) mass is 358 g/mol. The molecule has 2 fully saturated rings. The number of carbonyl (C=O) groups excluding carboxylic acids is 4. The van der Waals surface area contributed by atoms with Crippen molar-refractivity contribution in [3.05, 3.63) is 30.1 Å². The third kappa shape index (κ3) is 2.95. The topological polar surface area (TPSA) is 117 Å². The molecule has 1 aromatic heterocycles. The van der Waals surface area contributed by atoms with Crippen LogP contribution in [0.15, 0.2) is 24.4 Å². The molecule has 4 amide bonds. The number of carbonyl (C=O) groups is 4. The minimum Gasteiger partial charge on any atom is -0.296 e. The van der Waals surface area contributed by atoms with E-state index < -0.39 is 28.1 Å². The van der Waals surface area contributed by atoms with E-state index >= 15 is 0 Å². The van der Waals surface area contributed by atoms with Crippen LogP contribution in [0.25, 0.3) is 0 Å². The fraction of sp³-hybridized carbons (Fsp3) is 0.500. The minimum atomic E-state index is -0.966. The molecule has 3 N–H and O–H groups in total. The predicted octanol–water partition coefficient (Wildman–Crippen LogP) is 0.702. The van der Waals surface area contributed by atoms with E-state index in [4.69, 9.17) is 0 Å². The van der Waals surface area contributed by atoms with Gasteiger partial charge in [-0.1, -0.05) is 26.8 Å². The highest BCUT2D eigenvalue weighted by molar-refractivity contribution is 6.04. The summed E-state index contributed by atoms with van der Waals surface area (Å²) in [7, 11) is 0. The molecule has 138 valence electrons. The molecule has 2 bridgehead atoms. The van der Waals surface area contributed by atoms with Crippen molar-refractivity contribution in [2.45, 2.75) is 40.0 Å². The zero-order valence-electron chi connectivity index (χ0n) is 15.0. The van der Waals surface area contributed by atoms with E-state index in [9.17, 15) is 19.2 Å². The number of hydrazine groups is 1. The summed E-state index contributed by atoms with van der Waals surface area (Å²) in [5, 5.41) is 2.42. The van der Waals surface area contributed by atoms with Crippen molar-refractivity contribution >= 4 is 23.6 Å². The van der Waals surface area contributed by atoms with Crippen LogP contribution in [0.2, 0.25) is 0 Å². The second kappa shape index (κ2) is 5.89. The highest BCUT2D eigenvalue weighted by Crippen LogP contribution is 2.56. The van der Waals surface area contributed by atoms with Crippen LogP contribution in [-0.4, -0.2) is 28.6 Å². The summed E-state index contributed by atoms with van der Waals surface area (Å²) in [6.45, 7) is 5.26. The zero-order valence-corrected chi connectivity index (χ0v) is 15.0. The van der Waals surface area contributed by atoms with Gasteiger partial charge in [0.1, 0.15) is 5.69 Å². The maximum Gasteiger partial charge on any atom is 0.288 e. The van der Waals surface area contributed by atoms with Crippen molar-refractivity contribution in [2.75, 3.05) is 0 Å². The van der Waals surface area contributed by atoms with Crippen LogP contribution < -0.4 is 16.2 Å². The number of pyridine rings is 1. The van der Waals surface area contributed by atoms with Crippen molar-refractivity contribution in [1.82, 2.24) is 21.2 Å². The normalized spacial score (nSPS) is 33.2.